The number of fused-ring (bicyclic) bond motifs is 5. The van der Waals surface area contributed by atoms with Gasteiger partial charge in [0.1, 0.15) is 0 Å². The molecule has 7 rings (SSSR count). The van der Waals surface area contributed by atoms with Gasteiger partial charge in [0.15, 0.2) is 5.65 Å². The molecule has 0 aromatic carbocycles. The zero-order valence-corrected chi connectivity index (χ0v) is 19.7. The van der Waals surface area contributed by atoms with Gasteiger partial charge in [-0.15, -0.1) is 0 Å². The molecule has 0 unspecified atom stereocenters. The molecule has 3 fully saturated rings. The zero-order valence-electron chi connectivity index (χ0n) is 19.7. The van der Waals surface area contributed by atoms with Crippen LogP contribution in [0, 0.1) is 19.3 Å². The molecule has 4 aliphatic rings. The minimum absolute atomic E-state index is 0.150. The van der Waals surface area contributed by atoms with Gasteiger partial charge in [-0.2, -0.15) is 10.2 Å². The Labute approximate surface area is 190 Å². The quantitative estimate of drug-likeness (QED) is 0.677. The van der Waals surface area contributed by atoms with Gasteiger partial charge >= 0.3 is 0 Å². The number of nitrogens with zero attached hydrogens (tertiary/aromatic N) is 6. The maximum atomic E-state index is 6.53. The van der Waals surface area contributed by atoms with Crippen molar-refractivity contribution in [2.45, 2.75) is 83.8 Å². The van der Waals surface area contributed by atoms with Crippen molar-refractivity contribution < 1.29 is 0 Å². The Kier molecular flexibility index (Phi) is 4.45. The van der Waals surface area contributed by atoms with E-state index in [0.29, 0.717) is 5.41 Å². The third-order valence-electron chi connectivity index (χ3n) is 8.80. The summed E-state index contributed by atoms with van der Waals surface area (Å²) < 4.78 is 4.21. The monoisotopic (exact) mass is 433 g/mol. The van der Waals surface area contributed by atoms with E-state index < -0.39 is 0 Å². The second-order valence-corrected chi connectivity index (χ2v) is 10.8. The molecule has 3 aliphatic carbocycles. The number of hydrogen-bond donors (Lipinski definition) is 1. The summed E-state index contributed by atoms with van der Waals surface area (Å²) >= 11 is 0. The lowest BCUT2D eigenvalue weighted by Gasteiger charge is -2.52. The first-order chi connectivity index (χ1) is 15.3. The van der Waals surface area contributed by atoms with Gasteiger partial charge in [-0.3, -0.25) is 9.36 Å². The Bertz CT molecular complexity index is 1160. The van der Waals surface area contributed by atoms with E-state index >= 15 is 0 Å². The van der Waals surface area contributed by atoms with Crippen molar-refractivity contribution in [3.63, 3.8) is 0 Å². The molecule has 170 valence electrons. The van der Waals surface area contributed by atoms with Gasteiger partial charge in [0, 0.05) is 55.6 Å². The molecule has 0 radical (unpaired) electrons. The topological polar surface area (TPSA) is 77.8 Å². The number of pyridine rings is 1. The first-order valence-electron chi connectivity index (χ1n) is 12.2. The van der Waals surface area contributed by atoms with Gasteiger partial charge in [0.25, 0.3) is 0 Å². The summed E-state index contributed by atoms with van der Waals surface area (Å²) in [6.07, 6.45) is 11.8. The van der Waals surface area contributed by atoms with Crippen LogP contribution < -0.4 is 10.6 Å². The standard InChI is InChI=1S/C25H35N7/c1-17-14-22(19-15-27-30(3)23(19)28-17)31-12-4-21-20(16-31)18(2)29-32(21)13-11-24-5-8-25(26,9-6-24)10-7-24/h14-15H,4-13,16,26H2,1-3H3. The van der Waals surface area contributed by atoms with E-state index in [1.807, 2.05) is 17.9 Å². The molecule has 1 aliphatic heterocycles. The fourth-order valence-electron chi connectivity index (χ4n) is 6.54. The number of aromatic nitrogens is 5. The van der Waals surface area contributed by atoms with E-state index in [1.54, 1.807) is 0 Å². The number of anilines is 1. The minimum Gasteiger partial charge on any atom is -0.366 e. The zero-order chi connectivity index (χ0) is 22.1. The lowest BCUT2D eigenvalue weighted by Crippen LogP contribution is -2.52. The van der Waals surface area contributed by atoms with Crippen molar-refractivity contribution in [1.29, 1.82) is 0 Å². The van der Waals surface area contributed by atoms with Crippen LogP contribution in [0.1, 0.15) is 67.6 Å². The van der Waals surface area contributed by atoms with E-state index in [9.17, 15) is 0 Å². The average Bonchev–Trinajstić information content (AvgIpc) is 3.32. The highest BCUT2D eigenvalue weighted by Gasteiger charge is 2.46. The Morgan fingerprint density at radius 1 is 1.09 bits per heavy atom. The van der Waals surface area contributed by atoms with Crippen LogP contribution in [0.3, 0.4) is 0 Å². The summed E-state index contributed by atoms with van der Waals surface area (Å²) in [5.74, 6) is 0. The average molecular weight is 434 g/mol. The fourth-order valence-corrected chi connectivity index (χ4v) is 6.54. The molecule has 7 heteroatoms. The van der Waals surface area contributed by atoms with E-state index in [1.165, 1.54) is 67.6 Å². The number of rotatable bonds is 4. The Morgan fingerprint density at radius 2 is 1.84 bits per heavy atom. The highest BCUT2D eigenvalue weighted by molar-refractivity contribution is 5.89. The molecule has 7 nitrogen and oxygen atoms in total. The summed E-state index contributed by atoms with van der Waals surface area (Å²) in [4.78, 5) is 7.18. The highest BCUT2D eigenvalue weighted by atomic mass is 15.3. The molecular weight excluding hydrogens is 398 g/mol. The van der Waals surface area contributed by atoms with E-state index in [2.05, 4.69) is 34.6 Å². The lowest BCUT2D eigenvalue weighted by atomic mass is 9.56. The van der Waals surface area contributed by atoms with Crippen LogP contribution in [0.25, 0.3) is 11.0 Å². The van der Waals surface area contributed by atoms with Crippen LogP contribution in [0.2, 0.25) is 0 Å². The molecule has 3 saturated carbocycles. The lowest BCUT2D eigenvalue weighted by molar-refractivity contribution is 0.0328. The largest absolute Gasteiger partial charge is 0.366 e. The van der Waals surface area contributed by atoms with Crippen molar-refractivity contribution in [2.75, 3.05) is 11.4 Å². The summed E-state index contributed by atoms with van der Waals surface area (Å²) in [5.41, 5.74) is 14.5. The summed E-state index contributed by atoms with van der Waals surface area (Å²) in [7, 11) is 1.96. The predicted molar refractivity (Wildman–Crippen MR) is 127 cm³/mol. The normalized spacial score (nSPS) is 27.3. The molecule has 0 saturated heterocycles. The van der Waals surface area contributed by atoms with Crippen LogP contribution in [0.5, 0.6) is 0 Å². The van der Waals surface area contributed by atoms with Crippen LogP contribution in [-0.4, -0.2) is 36.6 Å². The van der Waals surface area contributed by atoms with Crippen molar-refractivity contribution >= 4 is 16.7 Å². The summed E-state index contributed by atoms with van der Waals surface area (Å²) in [6.45, 7) is 7.22. The third kappa shape index (κ3) is 3.16. The molecule has 2 bridgehead atoms. The highest BCUT2D eigenvalue weighted by Crippen LogP contribution is 2.53. The van der Waals surface area contributed by atoms with Gasteiger partial charge in [-0.1, -0.05) is 0 Å². The number of aryl methyl sites for hydroxylation is 4. The van der Waals surface area contributed by atoms with Crippen LogP contribution >= 0.6 is 0 Å². The van der Waals surface area contributed by atoms with Gasteiger partial charge in [-0.05, 0) is 70.3 Å². The Morgan fingerprint density at radius 3 is 2.59 bits per heavy atom. The molecular formula is C25H35N7. The number of nitrogens with two attached hydrogens (primary N) is 1. The predicted octanol–water partition coefficient (Wildman–Crippen LogP) is 3.79. The second kappa shape index (κ2) is 7.04. The molecule has 0 amide bonds. The van der Waals surface area contributed by atoms with E-state index in [0.717, 1.165) is 42.8 Å². The molecule has 3 aromatic heterocycles. The maximum Gasteiger partial charge on any atom is 0.159 e. The smallest absolute Gasteiger partial charge is 0.159 e. The van der Waals surface area contributed by atoms with Crippen LogP contribution in [-0.2, 0) is 26.6 Å². The van der Waals surface area contributed by atoms with Crippen molar-refractivity contribution in [2.24, 2.45) is 18.2 Å². The van der Waals surface area contributed by atoms with Gasteiger partial charge in [-0.25, -0.2) is 4.98 Å². The van der Waals surface area contributed by atoms with Crippen molar-refractivity contribution in [1.82, 2.24) is 24.5 Å². The molecule has 32 heavy (non-hydrogen) atoms. The van der Waals surface area contributed by atoms with E-state index in [-0.39, 0.29) is 5.54 Å². The Hall–Kier alpha value is -2.41. The Balaban J connectivity index is 1.23. The van der Waals surface area contributed by atoms with Gasteiger partial charge < -0.3 is 10.6 Å². The minimum atomic E-state index is 0.150. The SMILES string of the molecule is Cc1cc(N2CCc3c(c(C)nn3CCC34CCC(N)(CC3)CC4)C2)c2cnn(C)c2n1. The van der Waals surface area contributed by atoms with Gasteiger partial charge in [0.05, 0.1) is 23.0 Å². The fraction of sp³-hybridized carbons (Fsp3) is 0.640. The molecule has 2 N–H and O–H groups in total. The number of hydrogen-bond acceptors (Lipinski definition) is 5. The van der Waals surface area contributed by atoms with Gasteiger partial charge in [0.2, 0.25) is 0 Å². The second-order valence-electron chi connectivity index (χ2n) is 10.8. The molecule has 4 heterocycles. The van der Waals surface area contributed by atoms with Crippen molar-refractivity contribution in [3.8, 4) is 0 Å². The van der Waals surface area contributed by atoms with Crippen LogP contribution in [0.15, 0.2) is 12.3 Å². The third-order valence-corrected chi connectivity index (χ3v) is 8.80. The summed E-state index contributed by atoms with van der Waals surface area (Å²) in [5, 5.41) is 10.6. The maximum absolute atomic E-state index is 6.53. The van der Waals surface area contributed by atoms with E-state index in [4.69, 9.17) is 15.8 Å². The summed E-state index contributed by atoms with van der Waals surface area (Å²) in [6, 6.07) is 2.21. The van der Waals surface area contributed by atoms with Crippen molar-refractivity contribution in [3.05, 3.63) is 34.9 Å². The molecule has 0 atom stereocenters. The first kappa shape index (κ1) is 20.2. The first-order valence-corrected chi connectivity index (χ1v) is 12.2. The molecule has 3 aromatic rings. The molecule has 0 spiro atoms. The van der Waals surface area contributed by atoms with Crippen LogP contribution in [0.4, 0.5) is 5.69 Å².